The van der Waals surface area contributed by atoms with Crippen molar-refractivity contribution in [3.05, 3.63) is 101 Å². The number of ether oxygens (including phenoxy) is 1. The van der Waals surface area contributed by atoms with Gasteiger partial charge in [-0.1, -0.05) is 78.4 Å². The Balaban J connectivity index is 1.54. The molecule has 0 unspecified atom stereocenters. The maximum absolute atomic E-state index is 13.0. The predicted molar refractivity (Wildman–Crippen MR) is 128 cm³/mol. The summed E-state index contributed by atoms with van der Waals surface area (Å²) < 4.78 is 5.54. The minimum absolute atomic E-state index is 0.00766. The SMILES string of the molecule is Cc1ccc(OCC(=O)NNC(=S)NC(=O)C(c2ccccc2)c2ccccc2)c(C)c1. The lowest BCUT2D eigenvalue weighted by molar-refractivity contribution is -0.124. The van der Waals surface area contributed by atoms with Crippen molar-refractivity contribution in [1.29, 1.82) is 0 Å². The molecule has 164 valence electrons. The highest BCUT2D eigenvalue weighted by Crippen LogP contribution is 2.24. The minimum atomic E-state index is -0.541. The van der Waals surface area contributed by atoms with Crippen molar-refractivity contribution in [2.45, 2.75) is 19.8 Å². The van der Waals surface area contributed by atoms with Crippen molar-refractivity contribution < 1.29 is 14.3 Å². The van der Waals surface area contributed by atoms with Gasteiger partial charge in [-0.3, -0.25) is 20.4 Å². The third-order valence-corrected chi connectivity index (χ3v) is 4.97. The van der Waals surface area contributed by atoms with E-state index in [1.807, 2.05) is 92.7 Å². The van der Waals surface area contributed by atoms with Crippen LogP contribution in [0.25, 0.3) is 0 Å². The molecule has 0 saturated carbocycles. The summed E-state index contributed by atoms with van der Waals surface area (Å²) in [6.07, 6.45) is 0. The number of rotatable bonds is 6. The summed E-state index contributed by atoms with van der Waals surface area (Å²) >= 11 is 5.18. The van der Waals surface area contributed by atoms with Gasteiger partial charge in [-0.25, -0.2) is 0 Å². The number of nitrogens with one attached hydrogen (secondary N) is 3. The van der Waals surface area contributed by atoms with Crippen LogP contribution in [0.15, 0.2) is 78.9 Å². The summed E-state index contributed by atoms with van der Waals surface area (Å²) in [7, 11) is 0. The molecule has 3 aromatic rings. The van der Waals surface area contributed by atoms with E-state index < -0.39 is 11.8 Å². The molecule has 0 aliphatic heterocycles. The van der Waals surface area contributed by atoms with Gasteiger partial charge in [0.2, 0.25) is 5.91 Å². The average Bonchev–Trinajstić information content (AvgIpc) is 2.79. The maximum Gasteiger partial charge on any atom is 0.276 e. The molecular weight excluding hydrogens is 422 g/mol. The Bertz CT molecular complexity index is 1050. The highest BCUT2D eigenvalue weighted by molar-refractivity contribution is 7.80. The summed E-state index contributed by atoms with van der Waals surface area (Å²) in [6, 6.07) is 24.6. The Labute approximate surface area is 193 Å². The van der Waals surface area contributed by atoms with Crippen molar-refractivity contribution >= 4 is 29.1 Å². The number of aryl methyl sites for hydroxylation is 2. The molecule has 0 fully saturated rings. The fourth-order valence-electron chi connectivity index (χ4n) is 3.27. The molecule has 0 radical (unpaired) electrons. The van der Waals surface area contributed by atoms with Crippen molar-refractivity contribution in [2.75, 3.05) is 6.61 Å². The van der Waals surface area contributed by atoms with Gasteiger partial charge < -0.3 is 10.1 Å². The molecule has 0 heterocycles. The topological polar surface area (TPSA) is 79.5 Å². The second-order valence-corrected chi connectivity index (χ2v) is 7.71. The number of amides is 2. The van der Waals surface area contributed by atoms with Gasteiger partial charge in [-0.15, -0.1) is 0 Å². The lowest BCUT2D eigenvalue weighted by Crippen LogP contribution is -2.50. The van der Waals surface area contributed by atoms with Gasteiger partial charge in [0.25, 0.3) is 5.91 Å². The van der Waals surface area contributed by atoms with Crippen LogP contribution >= 0.6 is 12.2 Å². The Hall–Kier alpha value is -3.71. The first-order valence-electron chi connectivity index (χ1n) is 10.1. The first-order chi connectivity index (χ1) is 15.4. The van der Waals surface area contributed by atoms with Gasteiger partial charge in [-0.05, 0) is 48.8 Å². The number of benzene rings is 3. The third-order valence-electron chi connectivity index (χ3n) is 4.77. The Morgan fingerprint density at radius 3 is 2.03 bits per heavy atom. The molecule has 7 heteroatoms. The zero-order chi connectivity index (χ0) is 22.9. The van der Waals surface area contributed by atoms with Crippen LogP contribution in [0.4, 0.5) is 0 Å². The molecule has 0 aromatic heterocycles. The van der Waals surface area contributed by atoms with Crippen LogP contribution in [-0.2, 0) is 9.59 Å². The monoisotopic (exact) mass is 447 g/mol. The van der Waals surface area contributed by atoms with E-state index in [4.69, 9.17) is 17.0 Å². The number of hydrogen-bond donors (Lipinski definition) is 3. The number of hydrazine groups is 1. The summed E-state index contributed by atoms with van der Waals surface area (Å²) in [5.74, 6) is -0.638. The number of thiocarbonyl (C=S) groups is 1. The molecule has 0 atom stereocenters. The molecule has 2 amide bonds. The van der Waals surface area contributed by atoms with E-state index in [1.165, 1.54) is 0 Å². The summed E-state index contributed by atoms with van der Waals surface area (Å²) in [6.45, 7) is 3.71. The van der Waals surface area contributed by atoms with Crippen LogP contribution in [0, 0.1) is 13.8 Å². The van der Waals surface area contributed by atoms with E-state index in [1.54, 1.807) is 0 Å². The van der Waals surface area contributed by atoms with E-state index in [9.17, 15) is 9.59 Å². The van der Waals surface area contributed by atoms with Gasteiger partial charge in [0.1, 0.15) is 5.75 Å². The van der Waals surface area contributed by atoms with Crippen LogP contribution in [0.2, 0.25) is 0 Å². The quantitative estimate of drug-likeness (QED) is 0.398. The molecule has 6 nitrogen and oxygen atoms in total. The zero-order valence-corrected chi connectivity index (χ0v) is 18.7. The summed E-state index contributed by atoms with van der Waals surface area (Å²) in [5, 5.41) is 2.64. The second-order valence-electron chi connectivity index (χ2n) is 7.30. The van der Waals surface area contributed by atoms with E-state index in [0.29, 0.717) is 5.75 Å². The molecule has 3 rings (SSSR count). The van der Waals surface area contributed by atoms with Crippen molar-refractivity contribution in [1.82, 2.24) is 16.2 Å². The highest BCUT2D eigenvalue weighted by Gasteiger charge is 2.23. The molecule has 0 spiro atoms. The van der Waals surface area contributed by atoms with E-state index in [-0.39, 0.29) is 17.6 Å². The predicted octanol–water partition coefficient (Wildman–Crippen LogP) is 3.54. The zero-order valence-electron chi connectivity index (χ0n) is 17.9. The van der Waals surface area contributed by atoms with Gasteiger partial charge >= 0.3 is 0 Å². The molecular formula is C25H25N3O3S. The molecule has 0 aliphatic rings. The summed E-state index contributed by atoms with van der Waals surface area (Å²) in [5.41, 5.74) is 8.73. The van der Waals surface area contributed by atoms with Gasteiger partial charge in [0.05, 0.1) is 5.92 Å². The largest absolute Gasteiger partial charge is 0.483 e. The third kappa shape index (κ3) is 6.39. The average molecular weight is 448 g/mol. The Kier molecular flexibility index (Phi) is 7.94. The Morgan fingerprint density at radius 1 is 0.875 bits per heavy atom. The summed E-state index contributed by atoms with van der Waals surface area (Å²) in [4.78, 5) is 25.1. The van der Waals surface area contributed by atoms with Crippen molar-refractivity contribution in [3.8, 4) is 5.75 Å². The normalized spacial score (nSPS) is 10.3. The van der Waals surface area contributed by atoms with Crippen molar-refractivity contribution in [3.63, 3.8) is 0 Å². The Morgan fingerprint density at radius 2 is 1.47 bits per heavy atom. The van der Waals surface area contributed by atoms with Gasteiger partial charge in [-0.2, -0.15) is 0 Å². The standard InChI is InChI=1S/C25H25N3O3S/c1-17-13-14-21(18(2)15-17)31-16-22(29)27-28-25(32)26-24(30)23(19-9-5-3-6-10-19)20-11-7-4-8-12-20/h3-15,23H,16H2,1-2H3,(H,27,29)(H2,26,28,30,32). The van der Waals surface area contributed by atoms with Crippen LogP contribution in [-0.4, -0.2) is 23.5 Å². The highest BCUT2D eigenvalue weighted by atomic mass is 32.1. The second kappa shape index (κ2) is 11.1. The van der Waals surface area contributed by atoms with E-state index in [2.05, 4.69) is 16.2 Å². The first kappa shape index (κ1) is 23.0. The van der Waals surface area contributed by atoms with E-state index >= 15 is 0 Å². The molecule has 32 heavy (non-hydrogen) atoms. The molecule has 0 aliphatic carbocycles. The lowest BCUT2D eigenvalue weighted by Gasteiger charge is -2.19. The van der Waals surface area contributed by atoms with E-state index in [0.717, 1.165) is 22.3 Å². The fourth-order valence-corrected chi connectivity index (χ4v) is 3.42. The minimum Gasteiger partial charge on any atom is -0.483 e. The molecule has 3 N–H and O–H groups in total. The molecule has 3 aromatic carbocycles. The maximum atomic E-state index is 13.0. The van der Waals surface area contributed by atoms with Gasteiger partial charge in [0, 0.05) is 0 Å². The fraction of sp³-hybridized carbons (Fsp3) is 0.160. The molecule has 0 saturated heterocycles. The smallest absolute Gasteiger partial charge is 0.276 e. The van der Waals surface area contributed by atoms with Gasteiger partial charge in [0.15, 0.2) is 11.7 Å². The lowest BCUT2D eigenvalue weighted by atomic mass is 9.90. The van der Waals surface area contributed by atoms with Crippen LogP contribution in [0.3, 0.4) is 0 Å². The number of hydrogen-bond acceptors (Lipinski definition) is 4. The molecule has 0 bridgehead atoms. The number of carbonyl (C=O) groups is 2. The number of carbonyl (C=O) groups excluding carboxylic acids is 2. The van der Waals surface area contributed by atoms with Crippen LogP contribution in [0.1, 0.15) is 28.2 Å². The first-order valence-corrected chi connectivity index (χ1v) is 10.5. The van der Waals surface area contributed by atoms with Crippen LogP contribution < -0.4 is 20.9 Å². The van der Waals surface area contributed by atoms with Crippen molar-refractivity contribution in [2.24, 2.45) is 0 Å². The van der Waals surface area contributed by atoms with Crippen LogP contribution in [0.5, 0.6) is 5.75 Å².